The van der Waals surface area contributed by atoms with E-state index < -0.39 is 0 Å². The molecule has 0 saturated heterocycles. The maximum Gasteiger partial charge on any atom is 0.0952 e. The van der Waals surface area contributed by atoms with Crippen LogP contribution in [0, 0.1) is 0 Å². The second-order valence-corrected chi connectivity index (χ2v) is 3.69. The van der Waals surface area contributed by atoms with Crippen molar-refractivity contribution >= 4 is 11.6 Å². The number of ether oxygens (including phenoxy) is 1. The first kappa shape index (κ1) is 11.5. The van der Waals surface area contributed by atoms with Crippen LogP contribution in [0.15, 0.2) is 36.5 Å². The van der Waals surface area contributed by atoms with Crippen LogP contribution in [0.1, 0.15) is 0 Å². The van der Waals surface area contributed by atoms with Crippen LogP contribution in [-0.2, 0) is 4.74 Å². The van der Waals surface area contributed by atoms with E-state index in [1.165, 1.54) is 0 Å². The molecule has 1 rings (SSSR count). The molecule has 2 nitrogen and oxygen atoms in total. The van der Waals surface area contributed by atoms with Gasteiger partial charge in [-0.2, -0.15) is 0 Å². The molecule has 0 fully saturated rings. The van der Waals surface area contributed by atoms with Crippen LogP contribution >= 0.6 is 11.6 Å². The topological polar surface area (TPSA) is 21.3 Å². The Kier molecular flexibility index (Phi) is 4.39. The van der Waals surface area contributed by atoms with E-state index in [0.29, 0.717) is 6.61 Å². The molecule has 2 unspecified atom stereocenters. The van der Waals surface area contributed by atoms with Gasteiger partial charge in [-0.25, -0.2) is 0 Å². The van der Waals surface area contributed by atoms with E-state index in [-0.39, 0.29) is 11.5 Å². The molecule has 3 heteroatoms. The average Bonchev–Trinajstić information content (AvgIpc) is 2.20. The van der Waals surface area contributed by atoms with Crippen LogP contribution in [0.25, 0.3) is 0 Å². The van der Waals surface area contributed by atoms with E-state index in [4.69, 9.17) is 16.3 Å². The van der Waals surface area contributed by atoms with E-state index in [1.54, 1.807) is 12.2 Å². The molecule has 0 radical (unpaired) electrons. The van der Waals surface area contributed by atoms with E-state index in [2.05, 4.69) is 18.5 Å². The van der Waals surface area contributed by atoms with Gasteiger partial charge in [0.15, 0.2) is 0 Å². The van der Waals surface area contributed by atoms with Crippen LogP contribution in [-0.4, -0.2) is 31.7 Å². The fraction of sp³-hybridized carbons (Fsp3) is 0.455. The van der Waals surface area contributed by atoms with Gasteiger partial charge in [0.1, 0.15) is 0 Å². The maximum absolute atomic E-state index is 6.10. The zero-order chi connectivity index (χ0) is 10.6. The maximum atomic E-state index is 6.10. The highest BCUT2D eigenvalue weighted by molar-refractivity contribution is 6.23. The smallest absolute Gasteiger partial charge is 0.0952 e. The van der Waals surface area contributed by atoms with Gasteiger partial charge in [-0.1, -0.05) is 25.3 Å². The molecule has 1 aliphatic heterocycles. The van der Waals surface area contributed by atoms with Gasteiger partial charge in [-0.3, -0.25) is 0 Å². The summed E-state index contributed by atoms with van der Waals surface area (Å²) in [6.07, 6.45) is 3.63. The summed E-state index contributed by atoms with van der Waals surface area (Å²) >= 11 is 6.10. The zero-order valence-corrected chi connectivity index (χ0v) is 9.18. The average molecular weight is 214 g/mol. The van der Waals surface area contributed by atoms with Crippen molar-refractivity contribution in [1.29, 1.82) is 0 Å². The first-order chi connectivity index (χ1) is 6.74. The van der Waals surface area contributed by atoms with E-state index >= 15 is 0 Å². The minimum atomic E-state index is -0.103. The molecule has 2 atom stereocenters. The standard InChI is InChI=1S/C11H16ClNO/c1-4-8-9(5-2)11(6-13-3)14-7-10(8)12/h4-5,10-11,13H,1-2,6-7H2,3H3. The molecule has 0 aromatic rings. The number of hydrogen-bond acceptors (Lipinski definition) is 2. The summed E-state index contributed by atoms with van der Waals surface area (Å²) in [6.45, 7) is 8.84. The molecule has 1 aliphatic rings. The van der Waals surface area contributed by atoms with Gasteiger partial charge in [-0.15, -0.1) is 11.6 Å². The quantitative estimate of drug-likeness (QED) is 0.721. The summed E-state index contributed by atoms with van der Waals surface area (Å²) in [5, 5.41) is 2.97. The number of allylic oxidation sites excluding steroid dienone is 1. The Labute approximate surface area is 90.3 Å². The number of nitrogens with one attached hydrogen (secondary N) is 1. The molecular weight excluding hydrogens is 198 g/mol. The highest BCUT2D eigenvalue weighted by Gasteiger charge is 2.25. The predicted octanol–water partition coefficient (Wildman–Crippen LogP) is 1.88. The van der Waals surface area contributed by atoms with Gasteiger partial charge in [0.2, 0.25) is 0 Å². The van der Waals surface area contributed by atoms with Crippen molar-refractivity contribution in [2.24, 2.45) is 0 Å². The Morgan fingerprint density at radius 3 is 2.64 bits per heavy atom. The first-order valence-electron chi connectivity index (χ1n) is 4.63. The molecule has 0 aromatic carbocycles. The minimum absolute atomic E-state index is 0.0421. The normalized spacial score (nSPS) is 27.6. The lowest BCUT2D eigenvalue weighted by atomic mass is 9.97. The van der Waals surface area contributed by atoms with Crippen molar-refractivity contribution in [2.75, 3.05) is 20.2 Å². The molecule has 0 spiro atoms. The predicted molar refractivity (Wildman–Crippen MR) is 60.7 cm³/mol. The van der Waals surface area contributed by atoms with Crippen molar-refractivity contribution in [3.05, 3.63) is 36.5 Å². The molecule has 14 heavy (non-hydrogen) atoms. The van der Waals surface area contributed by atoms with E-state index in [0.717, 1.165) is 17.7 Å². The van der Waals surface area contributed by atoms with Crippen LogP contribution in [0.5, 0.6) is 0 Å². The van der Waals surface area contributed by atoms with Gasteiger partial charge < -0.3 is 10.1 Å². The highest BCUT2D eigenvalue weighted by atomic mass is 35.5. The third-order valence-electron chi connectivity index (χ3n) is 2.29. The number of likely N-dealkylation sites (N-methyl/N-ethyl adjacent to an activating group) is 1. The van der Waals surface area contributed by atoms with Crippen molar-refractivity contribution < 1.29 is 4.74 Å². The molecular formula is C11H16ClNO. The summed E-state index contributed by atoms with van der Waals surface area (Å²) in [5.74, 6) is 0. The van der Waals surface area contributed by atoms with Crippen molar-refractivity contribution in [3.8, 4) is 0 Å². The number of hydrogen-bond donors (Lipinski definition) is 1. The molecule has 1 heterocycles. The van der Waals surface area contributed by atoms with Gasteiger partial charge in [0, 0.05) is 6.54 Å². The SMILES string of the molecule is C=CC1=C(C=C)C(CNC)OCC1Cl. The van der Waals surface area contributed by atoms with Crippen molar-refractivity contribution in [3.63, 3.8) is 0 Å². The largest absolute Gasteiger partial charge is 0.370 e. The molecule has 0 aromatic heterocycles. The lowest BCUT2D eigenvalue weighted by Crippen LogP contribution is -2.35. The first-order valence-corrected chi connectivity index (χ1v) is 5.07. The number of alkyl halides is 1. The summed E-state index contributed by atoms with van der Waals surface area (Å²) in [4.78, 5) is 0. The molecule has 78 valence electrons. The highest BCUT2D eigenvalue weighted by Crippen LogP contribution is 2.26. The van der Waals surface area contributed by atoms with Crippen molar-refractivity contribution in [1.82, 2.24) is 5.32 Å². The van der Waals surface area contributed by atoms with Crippen LogP contribution < -0.4 is 5.32 Å². The summed E-state index contributed by atoms with van der Waals surface area (Å²) < 4.78 is 5.59. The summed E-state index contributed by atoms with van der Waals surface area (Å²) in [7, 11) is 1.89. The Morgan fingerprint density at radius 2 is 2.14 bits per heavy atom. The lowest BCUT2D eigenvalue weighted by Gasteiger charge is -2.29. The second kappa shape index (κ2) is 5.35. The van der Waals surface area contributed by atoms with Crippen molar-refractivity contribution in [2.45, 2.75) is 11.5 Å². The third kappa shape index (κ3) is 2.27. The fourth-order valence-corrected chi connectivity index (χ4v) is 1.88. The Balaban J connectivity index is 2.96. The Bertz CT molecular complexity index is 260. The second-order valence-electron chi connectivity index (χ2n) is 3.17. The Hall–Kier alpha value is -0.570. The summed E-state index contributed by atoms with van der Waals surface area (Å²) in [5.41, 5.74) is 2.08. The Morgan fingerprint density at radius 1 is 1.50 bits per heavy atom. The molecule has 0 bridgehead atoms. The van der Waals surface area contributed by atoms with Gasteiger partial charge in [0.05, 0.1) is 18.1 Å². The molecule has 1 N–H and O–H groups in total. The lowest BCUT2D eigenvalue weighted by molar-refractivity contribution is 0.0741. The van der Waals surface area contributed by atoms with Crippen LogP contribution in [0.3, 0.4) is 0 Å². The van der Waals surface area contributed by atoms with Gasteiger partial charge in [0.25, 0.3) is 0 Å². The third-order valence-corrected chi connectivity index (χ3v) is 2.65. The van der Waals surface area contributed by atoms with Crippen LogP contribution in [0.2, 0.25) is 0 Å². The van der Waals surface area contributed by atoms with E-state index in [9.17, 15) is 0 Å². The van der Waals surface area contributed by atoms with Crippen LogP contribution in [0.4, 0.5) is 0 Å². The number of rotatable bonds is 4. The van der Waals surface area contributed by atoms with Gasteiger partial charge >= 0.3 is 0 Å². The molecule has 0 aliphatic carbocycles. The van der Waals surface area contributed by atoms with Gasteiger partial charge in [-0.05, 0) is 18.2 Å². The molecule has 0 saturated carbocycles. The summed E-state index contributed by atoms with van der Waals surface area (Å²) in [6, 6.07) is 0. The fourth-order valence-electron chi connectivity index (χ4n) is 1.60. The molecule has 0 amide bonds. The van der Waals surface area contributed by atoms with E-state index in [1.807, 2.05) is 7.05 Å². The minimum Gasteiger partial charge on any atom is -0.370 e. The number of halogens is 1. The monoisotopic (exact) mass is 213 g/mol. The zero-order valence-electron chi connectivity index (χ0n) is 8.42.